The lowest BCUT2D eigenvalue weighted by Gasteiger charge is -2.20. The maximum Gasteiger partial charge on any atom is 0.238 e. The smallest absolute Gasteiger partial charge is 0.238 e. The number of aromatic nitrogens is 3. The van der Waals surface area contributed by atoms with Gasteiger partial charge >= 0.3 is 0 Å². The minimum Gasteiger partial charge on any atom is -0.338 e. The lowest BCUT2D eigenvalue weighted by Crippen LogP contribution is -2.21. The Hall–Kier alpha value is -3.27. The third-order valence-corrected chi connectivity index (χ3v) is 6.19. The van der Waals surface area contributed by atoms with Crippen LogP contribution in [0, 0.1) is 0 Å². The molecule has 0 saturated carbocycles. The summed E-state index contributed by atoms with van der Waals surface area (Å²) >= 11 is 0. The minimum atomic E-state index is -0.510. The lowest BCUT2D eigenvalue weighted by molar-refractivity contribution is 0.330. The first kappa shape index (κ1) is 21.9. The summed E-state index contributed by atoms with van der Waals surface area (Å²) in [7, 11) is 0. The number of rotatable bonds is 8. The van der Waals surface area contributed by atoms with Gasteiger partial charge in [-0.25, -0.2) is 0 Å². The Kier molecular flexibility index (Phi) is 6.50. The van der Waals surface area contributed by atoms with Crippen molar-refractivity contribution >= 4 is 0 Å². The van der Waals surface area contributed by atoms with Crippen molar-refractivity contribution in [2.75, 3.05) is 0 Å². The van der Waals surface area contributed by atoms with Crippen LogP contribution < -0.4 is 0 Å². The van der Waals surface area contributed by atoms with Crippen molar-refractivity contribution in [3.8, 4) is 22.6 Å². The fourth-order valence-electron chi connectivity index (χ4n) is 4.12. The molecule has 0 aliphatic heterocycles. The van der Waals surface area contributed by atoms with Gasteiger partial charge in [0.25, 0.3) is 0 Å². The summed E-state index contributed by atoms with van der Waals surface area (Å²) < 4.78 is 5.72. The van der Waals surface area contributed by atoms with Crippen LogP contribution in [-0.2, 0) is 5.41 Å². The molecule has 0 N–H and O–H groups in total. The van der Waals surface area contributed by atoms with Gasteiger partial charge in [-0.1, -0.05) is 86.1 Å². The highest BCUT2D eigenvalue weighted by molar-refractivity contribution is 5.59. The molecule has 0 radical (unpaired) electrons. The molecule has 0 bridgehead atoms. The molecule has 0 aliphatic carbocycles. The van der Waals surface area contributed by atoms with E-state index < -0.39 is 5.41 Å². The Morgan fingerprint density at radius 3 is 2.25 bits per heavy atom. The van der Waals surface area contributed by atoms with Gasteiger partial charge in [0, 0.05) is 11.1 Å². The summed E-state index contributed by atoms with van der Waals surface area (Å²) in [6, 6.07) is 24.9. The normalized spacial score (nSPS) is 12.6. The maximum absolute atomic E-state index is 5.72. The summed E-state index contributed by atoms with van der Waals surface area (Å²) in [6.07, 6.45) is 3.57. The standard InChI is InChI=1S/C28H31N3O/c1-5-11-20(6-2)21-16-18-23(19-17-21)26-30-27(32-31-26)28(3,4)25-15-10-14-24(29-25)22-12-8-7-9-13-22/h7-10,12-20H,5-6,11H2,1-4H3. The average Bonchev–Trinajstić information content (AvgIpc) is 3.35. The molecule has 1 unspecified atom stereocenters. The van der Waals surface area contributed by atoms with Crippen molar-refractivity contribution in [1.29, 1.82) is 0 Å². The maximum atomic E-state index is 5.72. The van der Waals surface area contributed by atoms with Gasteiger partial charge in [0.05, 0.1) is 16.8 Å². The third-order valence-electron chi connectivity index (χ3n) is 6.19. The van der Waals surface area contributed by atoms with Gasteiger partial charge in [0.1, 0.15) is 0 Å². The van der Waals surface area contributed by atoms with Gasteiger partial charge < -0.3 is 4.52 Å². The largest absolute Gasteiger partial charge is 0.338 e. The molecule has 0 spiro atoms. The molecule has 2 aromatic carbocycles. The van der Waals surface area contributed by atoms with E-state index in [9.17, 15) is 0 Å². The predicted molar refractivity (Wildman–Crippen MR) is 129 cm³/mol. The van der Waals surface area contributed by atoms with Crippen LogP contribution in [0.25, 0.3) is 22.6 Å². The Labute approximate surface area is 190 Å². The zero-order valence-electron chi connectivity index (χ0n) is 19.4. The first-order valence-electron chi connectivity index (χ1n) is 11.5. The van der Waals surface area contributed by atoms with E-state index in [1.807, 2.05) is 36.4 Å². The molecule has 4 rings (SSSR count). The quantitative estimate of drug-likeness (QED) is 0.295. The summed E-state index contributed by atoms with van der Waals surface area (Å²) in [5, 5.41) is 4.28. The lowest BCUT2D eigenvalue weighted by atomic mass is 9.88. The van der Waals surface area contributed by atoms with Crippen molar-refractivity contribution in [3.05, 3.63) is 89.9 Å². The zero-order chi connectivity index (χ0) is 22.6. The molecular formula is C28H31N3O. The van der Waals surface area contributed by atoms with E-state index in [-0.39, 0.29) is 0 Å². The zero-order valence-corrected chi connectivity index (χ0v) is 19.4. The molecule has 4 heteroatoms. The topological polar surface area (TPSA) is 51.8 Å². The van der Waals surface area contributed by atoms with Crippen LogP contribution in [0.5, 0.6) is 0 Å². The number of hydrogen-bond acceptors (Lipinski definition) is 4. The van der Waals surface area contributed by atoms with E-state index >= 15 is 0 Å². The van der Waals surface area contributed by atoms with Gasteiger partial charge in [-0.15, -0.1) is 0 Å². The Bertz CT molecular complexity index is 1150. The first-order valence-corrected chi connectivity index (χ1v) is 11.5. The summed E-state index contributed by atoms with van der Waals surface area (Å²) in [4.78, 5) is 9.65. The number of nitrogens with zero attached hydrogens (tertiary/aromatic N) is 3. The molecule has 32 heavy (non-hydrogen) atoms. The van der Waals surface area contributed by atoms with Crippen molar-refractivity contribution in [1.82, 2.24) is 15.1 Å². The number of hydrogen-bond donors (Lipinski definition) is 0. The second kappa shape index (κ2) is 9.47. The SMILES string of the molecule is CCCC(CC)c1ccc(-c2noc(C(C)(C)c3cccc(-c4ccccc4)n3)n2)cc1. The van der Waals surface area contributed by atoms with Gasteiger partial charge in [-0.05, 0) is 50.3 Å². The monoisotopic (exact) mass is 425 g/mol. The Morgan fingerprint density at radius 1 is 0.812 bits per heavy atom. The average molecular weight is 426 g/mol. The van der Waals surface area contributed by atoms with Gasteiger partial charge in [-0.2, -0.15) is 4.98 Å². The predicted octanol–water partition coefficient (Wildman–Crippen LogP) is 7.42. The molecule has 0 fully saturated rings. The van der Waals surface area contributed by atoms with E-state index in [0.717, 1.165) is 28.9 Å². The third kappa shape index (κ3) is 4.50. The molecule has 1 atom stereocenters. The minimum absolute atomic E-state index is 0.510. The van der Waals surface area contributed by atoms with E-state index in [0.29, 0.717) is 17.6 Å². The molecule has 0 aliphatic rings. The molecule has 4 aromatic rings. The Balaban J connectivity index is 1.59. The van der Waals surface area contributed by atoms with Crippen molar-refractivity contribution < 1.29 is 4.52 Å². The molecule has 0 saturated heterocycles. The van der Waals surface area contributed by atoms with Crippen LogP contribution in [0.15, 0.2) is 77.3 Å². The molecule has 2 heterocycles. The highest BCUT2D eigenvalue weighted by atomic mass is 16.5. The molecule has 164 valence electrons. The second-order valence-corrected chi connectivity index (χ2v) is 8.84. The van der Waals surface area contributed by atoms with Gasteiger partial charge in [0.2, 0.25) is 11.7 Å². The van der Waals surface area contributed by atoms with E-state index in [2.05, 4.69) is 69.2 Å². The summed E-state index contributed by atoms with van der Waals surface area (Å²) in [6.45, 7) is 8.63. The summed E-state index contributed by atoms with van der Waals surface area (Å²) in [5.74, 6) is 1.78. The highest BCUT2D eigenvalue weighted by Crippen LogP contribution is 2.32. The number of pyridine rings is 1. The van der Waals surface area contributed by atoms with Crippen molar-refractivity contribution in [2.45, 2.75) is 58.3 Å². The van der Waals surface area contributed by atoms with E-state index in [1.54, 1.807) is 0 Å². The van der Waals surface area contributed by atoms with Crippen molar-refractivity contribution in [3.63, 3.8) is 0 Å². The van der Waals surface area contributed by atoms with Crippen LogP contribution in [0.1, 0.15) is 70.0 Å². The van der Waals surface area contributed by atoms with E-state index in [1.165, 1.54) is 18.4 Å². The fraction of sp³-hybridized carbons (Fsp3) is 0.321. The van der Waals surface area contributed by atoms with Crippen LogP contribution in [-0.4, -0.2) is 15.1 Å². The van der Waals surface area contributed by atoms with Gasteiger partial charge in [-0.3, -0.25) is 4.98 Å². The van der Waals surface area contributed by atoms with E-state index in [4.69, 9.17) is 14.5 Å². The van der Waals surface area contributed by atoms with Crippen LogP contribution in [0.3, 0.4) is 0 Å². The van der Waals surface area contributed by atoms with Crippen LogP contribution in [0.4, 0.5) is 0 Å². The summed E-state index contributed by atoms with van der Waals surface area (Å²) in [5.41, 5.74) is 4.76. The second-order valence-electron chi connectivity index (χ2n) is 8.84. The first-order chi connectivity index (χ1) is 15.5. The molecular weight excluding hydrogens is 394 g/mol. The molecule has 2 aromatic heterocycles. The molecule has 0 amide bonds. The highest BCUT2D eigenvalue weighted by Gasteiger charge is 2.32. The number of benzene rings is 2. The fourth-order valence-corrected chi connectivity index (χ4v) is 4.12. The molecule has 4 nitrogen and oxygen atoms in total. The van der Waals surface area contributed by atoms with Crippen LogP contribution in [0.2, 0.25) is 0 Å². The van der Waals surface area contributed by atoms with Gasteiger partial charge in [0.15, 0.2) is 0 Å². The van der Waals surface area contributed by atoms with Crippen LogP contribution >= 0.6 is 0 Å². The van der Waals surface area contributed by atoms with Crippen molar-refractivity contribution in [2.24, 2.45) is 0 Å². The Morgan fingerprint density at radius 2 is 1.56 bits per heavy atom.